The molecule has 0 fully saturated rings. The molecule has 0 radical (unpaired) electrons. The third-order valence-corrected chi connectivity index (χ3v) is 9.16. The lowest BCUT2D eigenvalue weighted by Gasteiger charge is -2.37. The van der Waals surface area contributed by atoms with Crippen molar-refractivity contribution in [1.29, 1.82) is 0 Å². The van der Waals surface area contributed by atoms with E-state index in [0.717, 1.165) is 38.2 Å². The zero-order valence-electron chi connectivity index (χ0n) is 33.2. The summed E-state index contributed by atoms with van der Waals surface area (Å²) in [5, 5.41) is 9.81. The highest BCUT2D eigenvalue weighted by atomic mass is 16.7. The lowest BCUT2D eigenvalue weighted by Crippen LogP contribution is -2.55. The van der Waals surface area contributed by atoms with Gasteiger partial charge in [-0.05, 0) is 91.9 Å². The Morgan fingerprint density at radius 3 is 1.91 bits per heavy atom. The van der Waals surface area contributed by atoms with E-state index in [1.165, 1.54) is 0 Å². The number of amides is 4. The number of carbonyl (C=O) groups is 3. The van der Waals surface area contributed by atoms with Gasteiger partial charge in [-0.2, -0.15) is 0 Å². The number of hydrogen-bond acceptors (Lipinski definition) is 7. The van der Waals surface area contributed by atoms with Gasteiger partial charge in [-0.3, -0.25) is 14.4 Å². The van der Waals surface area contributed by atoms with Crippen LogP contribution >= 0.6 is 0 Å². The zero-order valence-corrected chi connectivity index (χ0v) is 33.2. The largest absolute Gasteiger partial charge is 0.488 e. The molecule has 0 bridgehead atoms. The minimum Gasteiger partial charge on any atom is -0.488 e. The number of nitrogens with one attached hydrogen (secondary N) is 3. The number of urea groups is 1. The molecule has 0 saturated carbocycles. The van der Waals surface area contributed by atoms with Crippen molar-refractivity contribution in [3.63, 3.8) is 0 Å². The Bertz CT molecular complexity index is 2050. The monoisotopic (exact) mass is 762 g/mol. The van der Waals surface area contributed by atoms with Crippen molar-refractivity contribution in [1.82, 2.24) is 21.0 Å². The third-order valence-electron chi connectivity index (χ3n) is 9.16. The molecule has 5 rings (SSSR count). The molecule has 0 aliphatic rings. The first-order valence-electron chi connectivity index (χ1n) is 19.2. The molecule has 5 aromatic rings. The minimum atomic E-state index is -1.01. The molecule has 2 unspecified atom stereocenters. The summed E-state index contributed by atoms with van der Waals surface area (Å²) >= 11 is 0. The Balaban J connectivity index is 1.34. The summed E-state index contributed by atoms with van der Waals surface area (Å²) < 4.78 is 18.0. The lowest BCUT2D eigenvalue weighted by molar-refractivity contribution is -0.179. The summed E-state index contributed by atoms with van der Waals surface area (Å²) in [6, 6.07) is 33.1. The maximum atomic E-state index is 14.9. The second-order valence-electron chi connectivity index (χ2n) is 14.5. The van der Waals surface area contributed by atoms with Gasteiger partial charge >= 0.3 is 6.03 Å². The summed E-state index contributed by atoms with van der Waals surface area (Å²) in [5.74, 6) is -0.234. The molecule has 0 saturated heterocycles. The van der Waals surface area contributed by atoms with Crippen molar-refractivity contribution in [3.05, 3.63) is 126 Å². The highest BCUT2D eigenvalue weighted by Gasteiger charge is 2.34. The van der Waals surface area contributed by atoms with Crippen molar-refractivity contribution >= 4 is 39.4 Å². The van der Waals surface area contributed by atoms with E-state index in [1.807, 2.05) is 151 Å². The molecule has 0 spiro atoms. The SMILES string of the molecule is CCOC(OCC)C(C)N(Cc1cccc2ccccc12)C(=O)C(Cc1ccc(OC(C)(C)C)cc1)NC(=O)CONC(=O)NCc1cccc2ccccc12. The van der Waals surface area contributed by atoms with E-state index in [0.29, 0.717) is 19.0 Å². The number of fused-ring (bicyclic) bond motifs is 2. The van der Waals surface area contributed by atoms with Gasteiger partial charge in [0.1, 0.15) is 17.4 Å². The molecule has 4 amide bonds. The van der Waals surface area contributed by atoms with Crippen LogP contribution in [0.2, 0.25) is 0 Å². The molecular weight excluding hydrogens is 709 g/mol. The van der Waals surface area contributed by atoms with Crippen LogP contribution in [0, 0.1) is 0 Å². The van der Waals surface area contributed by atoms with E-state index in [2.05, 4.69) is 16.1 Å². The Hall–Kier alpha value is -5.49. The van der Waals surface area contributed by atoms with E-state index < -0.39 is 36.9 Å². The van der Waals surface area contributed by atoms with E-state index in [4.69, 9.17) is 19.0 Å². The summed E-state index contributed by atoms with van der Waals surface area (Å²) in [6.07, 6.45) is -0.541. The van der Waals surface area contributed by atoms with Crippen molar-refractivity contribution in [3.8, 4) is 5.75 Å². The fourth-order valence-electron chi connectivity index (χ4n) is 6.58. The van der Waals surface area contributed by atoms with Gasteiger partial charge in [-0.25, -0.2) is 10.3 Å². The number of hydroxylamine groups is 1. The Morgan fingerprint density at radius 1 is 0.732 bits per heavy atom. The molecule has 3 N–H and O–H groups in total. The quantitative estimate of drug-likeness (QED) is 0.0626. The maximum absolute atomic E-state index is 14.9. The van der Waals surface area contributed by atoms with Gasteiger partial charge in [-0.1, -0.05) is 97.1 Å². The predicted molar refractivity (Wildman–Crippen MR) is 219 cm³/mol. The van der Waals surface area contributed by atoms with Crippen molar-refractivity contribution in [2.24, 2.45) is 0 Å². The molecule has 2 atom stereocenters. The molecule has 11 heteroatoms. The summed E-state index contributed by atoms with van der Waals surface area (Å²) in [7, 11) is 0. The van der Waals surface area contributed by atoms with Crippen molar-refractivity contribution in [2.75, 3.05) is 19.8 Å². The highest BCUT2D eigenvalue weighted by molar-refractivity contribution is 5.90. The second-order valence-corrected chi connectivity index (χ2v) is 14.5. The fourth-order valence-corrected chi connectivity index (χ4v) is 6.58. The summed E-state index contributed by atoms with van der Waals surface area (Å²) in [6.45, 7) is 12.3. The molecule has 296 valence electrons. The first-order chi connectivity index (χ1) is 27.0. The first-order valence-corrected chi connectivity index (χ1v) is 19.2. The molecule has 5 aromatic carbocycles. The van der Waals surface area contributed by atoms with Gasteiger partial charge in [-0.15, -0.1) is 0 Å². The van der Waals surface area contributed by atoms with Crippen molar-refractivity contribution < 1.29 is 33.4 Å². The molecule has 0 aliphatic carbocycles. The van der Waals surface area contributed by atoms with Crippen LogP contribution in [0.4, 0.5) is 4.79 Å². The average molecular weight is 763 g/mol. The normalized spacial score (nSPS) is 12.6. The Labute approximate surface area is 329 Å². The van der Waals surface area contributed by atoms with Crippen LogP contribution in [0.25, 0.3) is 21.5 Å². The first kappa shape index (κ1) is 41.7. The Kier molecular flexibility index (Phi) is 14.8. The molecule has 56 heavy (non-hydrogen) atoms. The topological polar surface area (TPSA) is 127 Å². The minimum absolute atomic E-state index is 0.173. The molecule has 0 aromatic heterocycles. The summed E-state index contributed by atoms with van der Waals surface area (Å²) in [5.41, 5.74) is 4.59. The molecule has 0 aliphatic heterocycles. The van der Waals surface area contributed by atoms with Gasteiger partial charge < -0.3 is 29.7 Å². The standard InChI is InChI=1S/C45H54N4O7/c1-7-53-43(54-8-2)31(3)49(29-36-20-14-18-34-16-10-12-22-39(34)36)42(51)40(27-32-23-25-37(26-24-32)56-45(4,5)6)47-41(50)30-55-48-44(52)46-28-35-19-13-17-33-15-9-11-21-38(33)35/h9-26,31,40,43H,7-8,27-30H2,1-6H3,(H,47,50)(H2,46,48,52). The van der Waals surface area contributed by atoms with Crippen LogP contribution < -0.4 is 20.9 Å². The predicted octanol–water partition coefficient (Wildman–Crippen LogP) is 7.45. The molecular formula is C45H54N4O7. The van der Waals surface area contributed by atoms with Crippen LogP contribution in [-0.2, 0) is 43.4 Å². The van der Waals surface area contributed by atoms with E-state index in [1.54, 1.807) is 4.90 Å². The van der Waals surface area contributed by atoms with Crippen LogP contribution in [0.1, 0.15) is 58.2 Å². The summed E-state index contributed by atoms with van der Waals surface area (Å²) in [4.78, 5) is 48.0. The third kappa shape index (κ3) is 11.8. The van der Waals surface area contributed by atoms with Gasteiger partial charge in [0.05, 0.1) is 6.04 Å². The number of benzene rings is 5. The van der Waals surface area contributed by atoms with Gasteiger partial charge in [0.2, 0.25) is 11.8 Å². The zero-order chi connectivity index (χ0) is 40.1. The fraction of sp³-hybridized carbons (Fsp3) is 0.356. The smallest absolute Gasteiger partial charge is 0.338 e. The molecule has 0 heterocycles. The van der Waals surface area contributed by atoms with Gasteiger partial charge in [0, 0.05) is 32.7 Å². The highest BCUT2D eigenvalue weighted by Crippen LogP contribution is 2.25. The number of rotatable bonds is 18. The number of ether oxygens (including phenoxy) is 3. The lowest BCUT2D eigenvalue weighted by atomic mass is 10.0. The number of carbonyl (C=O) groups excluding carboxylic acids is 3. The number of hydrogen-bond donors (Lipinski definition) is 3. The van der Waals surface area contributed by atoms with Crippen LogP contribution in [0.3, 0.4) is 0 Å². The van der Waals surface area contributed by atoms with E-state index >= 15 is 0 Å². The van der Waals surface area contributed by atoms with E-state index in [-0.39, 0.29) is 31.0 Å². The van der Waals surface area contributed by atoms with Crippen molar-refractivity contribution in [2.45, 2.75) is 85.0 Å². The van der Waals surface area contributed by atoms with Gasteiger partial charge in [0.15, 0.2) is 12.9 Å². The van der Waals surface area contributed by atoms with Crippen LogP contribution in [0.15, 0.2) is 109 Å². The van der Waals surface area contributed by atoms with Gasteiger partial charge in [0.25, 0.3) is 0 Å². The average Bonchev–Trinajstić information content (AvgIpc) is 3.18. The Morgan fingerprint density at radius 2 is 1.30 bits per heavy atom. The number of nitrogens with zero attached hydrogens (tertiary/aromatic N) is 1. The maximum Gasteiger partial charge on any atom is 0.338 e. The molecule has 11 nitrogen and oxygen atoms in total. The van der Waals surface area contributed by atoms with Crippen LogP contribution in [0.5, 0.6) is 5.75 Å². The second kappa shape index (κ2) is 19.9. The van der Waals surface area contributed by atoms with E-state index in [9.17, 15) is 14.4 Å². The van der Waals surface area contributed by atoms with Crippen LogP contribution in [-0.4, -0.2) is 66.5 Å².